The third-order valence-electron chi connectivity index (χ3n) is 5.04. The van der Waals surface area contributed by atoms with Crippen molar-refractivity contribution in [3.63, 3.8) is 0 Å². The number of rotatable bonds is 7. The molecule has 2 aromatic rings. The fourth-order valence-electron chi connectivity index (χ4n) is 3.98. The predicted molar refractivity (Wildman–Crippen MR) is 106 cm³/mol. The van der Waals surface area contributed by atoms with Crippen LogP contribution >= 0.6 is 0 Å². The number of benzene rings is 2. The topological polar surface area (TPSA) is 12.5 Å². The minimum atomic E-state index is 0.809. The summed E-state index contributed by atoms with van der Waals surface area (Å²) in [5, 5.41) is 0. The van der Waals surface area contributed by atoms with Gasteiger partial charge < -0.3 is 9.64 Å². The molecule has 0 bridgehead atoms. The highest BCUT2D eigenvalue weighted by Gasteiger charge is 2.20. The molecule has 1 fully saturated rings. The van der Waals surface area contributed by atoms with E-state index < -0.39 is 0 Å². The van der Waals surface area contributed by atoms with Crippen LogP contribution in [0.15, 0.2) is 54.6 Å². The van der Waals surface area contributed by atoms with Crippen molar-refractivity contribution in [2.24, 2.45) is 11.8 Å². The molecule has 0 N–H and O–H groups in total. The maximum Gasteiger partial charge on any atom is 0.119 e. The summed E-state index contributed by atoms with van der Waals surface area (Å²) in [6.07, 6.45) is 3.74. The zero-order valence-electron chi connectivity index (χ0n) is 15.7. The average molecular weight is 338 g/mol. The van der Waals surface area contributed by atoms with Gasteiger partial charge in [-0.25, -0.2) is 0 Å². The fourth-order valence-corrected chi connectivity index (χ4v) is 3.98. The van der Waals surface area contributed by atoms with Crippen molar-refractivity contribution < 1.29 is 4.74 Å². The Bertz CT molecular complexity index is 612. The van der Waals surface area contributed by atoms with Gasteiger partial charge in [0.15, 0.2) is 0 Å². The molecule has 1 unspecified atom stereocenters. The van der Waals surface area contributed by atoms with E-state index in [1.54, 1.807) is 0 Å². The van der Waals surface area contributed by atoms with Crippen molar-refractivity contribution in [3.05, 3.63) is 54.6 Å². The molecule has 2 nitrogen and oxygen atoms in total. The van der Waals surface area contributed by atoms with E-state index in [1.165, 1.54) is 43.6 Å². The molecule has 0 aromatic heterocycles. The van der Waals surface area contributed by atoms with Crippen LogP contribution in [-0.4, -0.2) is 31.1 Å². The van der Waals surface area contributed by atoms with Crippen LogP contribution in [0.5, 0.6) is 5.75 Å². The molecular formula is C23H31NO. The van der Waals surface area contributed by atoms with Gasteiger partial charge in [-0.15, -0.1) is 0 Å². The number of unbranched alkanes of at least 4 members (excludes halogenated alkanes) is 1. The summed E-state index contributed by atoms with van der Waals surface area (Å²) in [6, 6.07) is 18.9. The second-order valence-electron chi connectivity index (χ2n) is 7.65. The Labute approximate surface area is 152 Å². The molecule has 1 aliphatic rings. The molecule has 25 heavy (non-hydrogen) atoms. The van der Waals surface area contributed by atoms with E-state index >= 15 is 0 Å². The molecule has 1 heterocycles. The number of hydrogen-bond acceptors (Lipinski definition) is 2. The number of likely N-dealkylation sites (tertiary alicyclic amines) is 1. The van der Waals surface area contributed by atoms with Crippen molar-refractivity contribution in [1.82, 2.24) is 4.90 Å². The number of ether oxygens (including phenoxy) is 1. The highest BCUT2D eigenvalue weighted by Crippen LogP contribution is 2.23. The van der Waals surface area contributed by atoms with Crippen LogP contribution in [0.2, 0.25) is 0 Å². The standard InChI is InChI=1S/C23H31NO/c1-19-16-20(2)18-24(17-19)14-6-7-15-25-23-12-10-22(11-13-23)21-8-4-3-5-9-21/h3-5,8-13,19-20H,6-7,14-18H2,1-2H3/t19-,20?/m0/s1. The van der Waals surface area contributed by atoms with E-state index in [0.717, 1.165) is 30.6 Å². The van der Waals surface area contributed by atoms with E-state index in [0.29, 0.717) is 0 Å². The second kappa shape index (κ2) is 9.05. The average Bonchev–Trinajstić information content (AvgIpc) is 2.62. The first-order chi connectivity index (χ1) is 12.2. The van der Waals surface area contributed by atoms with Gasteiger partial charge in [-0.05, 0) is 60.9 Å². The van der Waals surface area contributed by atoms with E-state index in [2.05, 4.69) is 67.3 Å². The molecule has 3 rings (SSSR count). The normalized spacial score (nSPS) is 21.2. The molecule has 0 aliphatic carbocycles. The van der Waals surface area contributed by atoms with Crippen LogP contribution in [0, 0.1) is 11.8 Å². The van der Waals surface area contributed by atoms with Crippen LogP contribution in [0.3, 0.4) is 0 Å². The van der Waals surface area contributed by atoms with Crippen LogP contribution < -0.4 is 4.74 Å². The smallest absolute Gasteiger partial charge is 0.119 e. The Morgan fingerprint density at radius 2 is 1.48 bits per heavy atom. The van der Waals surface area contributed by atoms with Gasteiger partial charge in [-0.3, -0.25) is 0 Å². The van der Waals surface area contributed by atoms with Gasteiger partial charge in [0.1, 0.15) is 5.75 Å². The Balaban J connectivity index is 1.36. The molecular weight excluding hydrogens is 306 g/mol. The van der Waals surface area contributed by atoms with Crippen LogP contribution in [0.1, 0.15) is 33.1 Å². The first-order valence-corrected chi connectivity index (χ1v) is 9.71. The number of hydrogen-bond donors (Lipinski definition) is 0. The molecule has 1 saturated heterocycles. The first kappa shape index (κ1) is 18.0. The second-order valence-corrected chi connectivity index (χ2v) is 7.65. The summed E-state index contributed by atoms with van der Waals surface area (Å²) in [5.74, 6) is 2.67. The SMILES string of the molecule is CC1C[C@H](C)CN(CCCCOc2ccc(-c3ccccc3)cc2)C1. The quantitative estimate of drug-likeness (QED) is 0.619. The molecule has 0 amide bonds. The lowest BCUT2D eigenvalue weighted by Gasteiger charge is -2.34. The molecule has 0 spiro atoms. The lowest BCUT2D eigenvalue weighted by atomic mass is 9.92. The molecule has 0 saturated carbocycles. The van der Waals surface area contributed by atoms with Crippen molar-refractivity contribution >= 4 is 0 Å². The van der Waals surface area contributed by atoms with Gasteiger partial charge in [-0.2, -0.15) is 0 Å². The summed E-state index contributed by atoms with van der Waals surface area (Å²) in [7, 11) is 0. The maximum atomic E-state index is 5.91. The third kappa shape index (κ3) is 5.61. The number of piperidine rings is 1. The summed E-state index contributed by atoms with van der Waals surface area (Å²) < 4.78 is 5.91. The maximum absolute atomic E-state index is 5.91. The molecule has 2 aromatic carbocycles. The van der Waals surface area contributed by atoms with Gasteiger partial charge in [-0.1, -0.05) is 56.3 Å². The Morgan fingerprint density at radius 3 is 2.16 bits per heavy atom. The lowest BCUT2D eigenvalue weighted by molar-refractivity contribution is 0.136. The van der Waals surface area contributed by atoms with Crippen molar-refractivity contribution in [2.75, 3.05) is 26.2 Å². The largest absolute Gasteiger partial charge is 0.494 e. The summed E-state index contributed by atoms with van der Waals surface area (Å²) >= 11 is 0. The molecule has 0 radical (unpaired) electrons. The summed E-state index contributed by atoms with van der Waals surface area (Å²) in [6.45, 7) is 9.32. The van der Waals surface area contributed by atoms with Gasteiger partial charge in [0.25, 0.3) is 0 Å². The molecule has 2 atom stereocenters. The Hall–Kier alpha value is -1.80. The fraction of sp³-hybridized carbons (Fsp3) is 0.478. The van der Waals surface area contributed by atoms with Crippen molar-refractivity contribution in [3.8, 4) is 16.9 Å². The zero-order valence-corrected chi connectivity index (χ0v) is 15.7. The Morgan fingerprint density at radius 1 is 0.840 bits per heavy atom. The van der Waals surface area contributed by atoms with Crippen molar-refractivity contribution in [1.29, 1.82) is 0 Å². The van der Waals surface area contributed by atoms with E-state index in [4.69, 9.17) is 4.74 Å². The third-order valence-corrected chi connectivity index (χ3v) is 5.04. The van der Waals surface area contributed by atoms with Crippen LogP contribution in [-0.2, 0) is 0 Å². The first-order valence-electron chi connectivity index (χ1n) is 9.71. The van der Waals surface area contributed by atoms with Gasteiger partial charge in [0, 0.05) is 13.1 Å². The lowest BCUT2D eigenvalue weighted by Crippen LogP contribution is -2.39. The minimum absolute atomic E-state index is 0.809. The minimum Gasteiger partial charge on any atom is -0.494 e. The van der Waals surface area contributed by atoms with E-state index in [-0.39, 0.29) is 0 Å². The van der Waals surface area contributed by atoms with Crippen LogP contribution in [0.4, 0.5) is 0 Å². The summed E-state index contributed by atoms with van der Waals surface area (Å²) in [5.41, 5.74) is 2.49. The van der Waals surface area contributed by atoms with Crippen LogP contribution in [0.25, 0.3) is 11.1 Å². The predicted octanol–water partition coefficient (Wildman–Crippen LogP) is 5.49. The summed E-state index contributed by atoms with van der Waals surface area (Å²) in [4.78, 5) is 2.63. The monoisotopic (exact) mass is 337 g/mol. The van der Waals surface area contributed by atoms with Gasteiger partial charge >= 0.3 is 0 Å². The molecule has 2 heteroatoms. The molecule has 134 valence electrons. The van der Waals surface area contributed by atoms with Gasteiger partial charge in [0.2, 0.25) is 0 Å². The Kier molecular flexibility index (Phi) is 6.52. The van der Waals surface area contributed by atoms with E-state index in [9.17, 15) is 0 Å². The number of nitrogens with zero attached hydrogens (tertiary/aromatic N) is 1. The highest BCUT2D eigenvalue weighted by atomic mass is 16.5. The highest BCUT2D eigenvalue weighted by molar-refractivity contribution is 5.63. The zero-order chi connectivity index (χ0) is 17.5. The van der Waals surface area contributed by atoms with Gasteiger partial charge in [0.05, 0.1) is 6.61 Å². The molecule has 1 aliphatic heterocycles. The van der Waals surface area contributed by atoms with E-state index in [1.807, 2.05) is 6.07 Å². The van der Waals surface area contributed by atoms with Crippen molar-refractivity contribution in [2.45, 2.75) is 33.1 Å².